The van der Waals surface area contributed by atoms with Crippen LogP contribution in [0.4, 0.5) is 16.3 Å². The van der Waals surface area contributed by atoms with Crippen LogP contribution in [0.5, 0.6) is 5.75 Å². The number of nitrogens with zero attached hydrogens (tertiary/aromatic N) is 3. The monoisotopic (exact) mass is 235 g/mol. The number of hydrogen-bond acceptors (Lipinski definition) is 6. The molecular formula is C10H10FN5O. The van der Waals surface area contributed by atoms with Crippen LogP contribution in [0.2, 0.25) is 0 Å². The lowest BCUT2D eigenvalue weighted by atomic mass is 10.2. The Bertz CT molecular complexity index is 540. The summed E-state index contributed by atoms with van der Waals surface area (Å²) in [5.41, 5.74) is 11.3. The molecule has 0 unspecified atom stereocenters. The Morgan fingerprint density at radius 2 is 1.76 bits per heavy atom. The second-order valence-electron chi connectivity index (χ2n) is 3.22. The largest absolute Gasteiger partial charge is 0.494 e. The molecule has 2 aromatic rings. The number of nitrogen functional groups attached to an aromatic ring is 2. The van der Waals surface area contributed by atoms with Crippen LogP contribution in [-0.2, 0) is 0 Å². The molecular weight excluding hydrogens is 225 g/mol. The molecule has 17 heavy (non-hydrogen) atoms. The van der Waals surface area contributed by atoms with Crippen LogP contribution in [0.25, 0.3) is 11.4 Å². The van der Waals surface area contributed by atoms with E-state index in [0.29, 0.717) is 5.56 Å². The fourth-order valence-electron chi connectivity index (χ4n) is 1.34. The molecule has 1 aromatic carbocycles. The van der Waals surface area contributed by atoms with Gasteiger partial charge in [-0.1, -0.05) is 0 Å². The van der Waals surface area contributed by atoms with Crippen molar-refractivity contribution in [2.75, 3.05) is 18.6 Å². The number of aromatic nitrogens is 3. The van der Waals surface area contributed by atoms with Crippen LogP contribution >= 0.6 is 0 Å². The van der Waals surface area contributed by atoms with Gasteiger partial charge < -0.3 is 16.2 Å². The zero-order valence-corrected chi connectivity index (χ0v) is 9.01. The Morgan fingerprint density at radius 1 is 1.12 bits per heavy atom. The van der Waals surface area contributed by atoms with Gasteiger partial charge in [-0.15, -0.1) is 0 Å². The third-order valence-corrected chi connectivity index (χ3v) is 2.08. The lowest BCUT2D eigenvalue weighted by molar-refractivity contribution is 0.386. The van der Waals surface area contributed by atoms with Crippen molar-refractivity contribution >= 4 is 11.9 Å². The van der Waals surface area contributed by atoms with Crippen LogP contribution in [0, 0.1) is 5.82 Å². The molecule has 0 fully saturated rings. The van der Waals surface area contributed by atoms with Crippen molar-refractivity contribution in [3.63, 3.8) is 0 Å². The SMILES string of the molecule is COc1ccc(-c2nc(N)nc(N)n2)cc1F. The summed E-state index contributed by atoms with van der Waals surface area (Å²) in [6, 6.07) is 4.32. The van der Waals surface area contributed by atoms with E-state index in [1.54, 1.807) is 6.07 Å². The molecule has 6 nitrogen and oxygen atoms in total. The fourth-order valence-corrected chi connectivity index (χ4v) is 1.34. The molecule has 0 amide bonds. The van der Waals surface area contributed by atoms with Crippen molar-refractivity contribution in [1.82, 2.24) is 15.0 Å². The molecule has 0 aliphatic rings. The number of nitrogens with two attached hydrogens (primary N) is 2. The van der Waals surface area contributed by atoms with E-state index in [-0.39, 0.29) is 23.5 Å². The van der Waals surface area contributed by atoms with Gasteiger partial charge in [0.1, 0.15) is 0 Å². The Hall–Kier alpha value is -2.44. The lowest BCUT2D eigenvalue weighted by Crippen LogP contribution is -2.04. The lowest BCUT2D eigenvalue weighted by Gasteiger charge is -2.05. The smallest absolute Gasteiger partial charge is 0.225 e. The van der Waals surface area contributed by atoms with Crippen LogP contribution < -0.4 is 16.2 Å². The van der Waals surface area contributed by atoms with E-state index >= 15 is 0 Å². The van der Waals surface area contributed by atoms with E-state index in [9.17, 15) is 4.39 Å². The summed E-state index contributed by atoms with van der Waals surface area (Å²) >= 11 is 0. The molecule has 7 heteroatoms. The number of benzene rings is 1. The van der Waals surface area contributed by atoms with Crippen LogP contribution in [0.3, 0.4) is 0 Å². The molecule has 88 valence electrons. The van der Waals surface area contributed by atoms with E-state index in [1.165, 1.54) is 19.2 Å². The standard InChI is InChI=1S/C10H10FN5O/c1-17-7-3-2-5(4-6(7)11)8-14-9(12)16-10(13)15-8/h2-4H,1H3,(H4,12,13,14,15,16). The first-order valence-electron chi connectivity index (χ1n) is 4.71. The van der Waals surface area contributed by atoms with Crippen molar-refractivity contribution < 1.29 is 9.13 Å². The molecule has 2 rings (SSSR count). The zero-order valence-electron chi connectivity index (χ0n) is 9.01. The number of halogens is 1. The maximum atomic E-state index is 13.5. The molecule has 0 radical (unpaired) electrons. The summed E-state index contributed by atoms with van der Waals surface area (Å²) in [5.74, 6) is -0.171. The third kappa shape index (κ3) is 2.22. The van der Waals surface area contributed by atoms with E-state index in [1.807, 2.05) is 0 Å². The van der Waals surface area contributed by atoms with Gasteiger partial charge in [0.15, 0.2) is 17.4 Å². The normalized spacial score (nSPS) is 10.2. The second-order valence-corrected chi connectivity index (χ2v) is 3.22. The first kappa shape index (κ1) is 11.1. The topological polar surface area (TPSA) is 99.9 Å². The predicted molar refractivity (Wildman–Crippen MR) is 60.6 cm³/mol. The quantitative estimate of drug-likeness (QED) is 0.800. The summed E-state index contributed by atoms with van der Waals surface area (Å²) in [6.45, 7) is 0. The maximum absolute atomic E-state index is 13.5. The molecule has 0 bridgehead atoms. The van der Waals surface area contributed by atoms with Crippen molar-refractivity contribution in [1.29, 1.82) is 0 Å². The number of rotatable bonds is 2. The Kier molecular flexibility index (Phi) is 2.73. The predicted octanol–water partition coefficient (Wildman–Crippen LogP) is 0.851. The highest BCUT2D eigenvalue weighted by molar-refractivity contribution is 5.58. The van der Waals surface area contributed by atoms with E-state index in [0.717, 1.165) is 0 Å². The first-order chi connectivity index (χ1) is 8.10. The number of hydrogen-bond donors (Lipinski definition) is 2. The van der Waals surface area contributed by atoms with Crippen LogP contribution in [-0.4, -0.2) is 22.1 Å². The van der Waals surface area contributed by atoms with Gasteiger partial charge in [0, 0.05) is 5.56 Å². The highest BCUT2D eigenvalue weighted by Gasteiger charge is 2.09. The van der Waals surface area contributed by atoms with Gasteiger partial charge in [-0.25, -0.2) is 4.39 Å². The zero-order chi connectivity index (χ0) is 12.4. The highest BCUT2D eigenvalue weighted by Crippen LogP contribution is 2.23. The minimum atomic E-state index is -0.512. The summed E-state index contributed by atoms with van der Waals surface area (Å²) in [7, 11) is 1.39. The van der Waals surface area contributed by atoms with Gasteiger partial charge in [0.2, 0.25) is 11.9 Å². The summed E-state index contributed by atoms with van der Waals surface area (Å²) in [4.78, 5) is 11.4. The number of methoxy groups -OCH3 is 1. The van der Waals surface area contributed by atoms with Gasteiger partial charge in [-0.05, 0) is 18.2 Å². The van der Waals surface area contributed by atoms with E-state index in [4.69, 9.17) is 16.2 Å². The summed E-state index contributed by atoms with van der Waals surface area (Å²) in [5, 5.41) is 0. The fraction of sp³-hybridized carbons (Fsp3) is 0.100. The van der Waals surface area contributed by atoms with Gasteiger partial charge in [0.05, 0.1) is 7.11 Å². The van der Waals surface area contributed by atoms with Gasteiger partial charge in [-0.3, -0.25) is 0 Å². The maximum Gasteiger partial charge on any atom is 0.225 e. The molecule has 0 spiro atoms. The highest BCUT2D eigenvalue weighted by atomic mass is 19.1. The van der Waals surface area contributed by atoms with Gasteiger partial charge in [-0.2, -0.15) is 15.0 Å². The average molecular weight is 235 g/mol. The van der Waals surface area contributed by atoms with Crippen molar-refractivity contribution in [2.45, 2.75) is 0 Å². The minimum Gasteiger partial charge on any atom is -0.494 e. The third-order valence-electron chi connectivity index (χ3n) is 2.08. The Morgan fingerprint density at radius 3 is 2.29 bits per heavy atom. The molecule has 1 heterocycles. The molecule has 0 atom stereocenters. The average Bonchev–Trinajstić information content (AvgIpc) is 2.27. The van der Waals surface area contributed by atoms with E-state index in [2.05, 4.69) is 15.0 Å². The van der Waals surface area contributed by atoms with Crippen LogP contribution in [0.1, 0.15) is 0 Å². The molecule has 0 saturated carbocycles. The molecule has 0 aliphatic heterocycles. The summed E-state index contributed by atoms with van der Waals surface area (Å²) in [6.07, 6.45) is 0. The van der Waals surface area contributed by atoms with Gasteiger partial charge >= 0.3 is 0 Å². The second kappa shape index (κ2) is 4.20. The van der Waals surface area contributed by atoms with Crippen molar-refractivity contribution in [3.8, 4) is 17.1 Å². The molecule has 0 aliphatic carbocycles. The van der Waals surface area contributed by atoms with E-state index < -0.39 is 5.82 Å². The number of ether oxygens (including phenoxy) is 1. The Labute approximate surface area is 96.5 Å². The van der Waals surface area contributed by atoms with Crippen molar-refractivity contribution in [2.24, 2.45) is 0 Å². The van der Waals surface area contributed by atoms with Crippen molar-refractivity contribution in [3.05, 3.63) is 24.0 Å². The minimum absolute atomic E-state index is 0.0104. The van der Waals surface area contributed by atoms with Gasteiger partial charge in [0.25, 0.3) is 0 Å². The molecule has 1 aromatic heterocycles. The first-order valence-corrected chi connectivity index (χ1v) is 4.71. The molecule has 4 N–H and O–H groups in total. The Balaban J connectivity index is 2.49. The molecule has 0 saturated heterocycles. The number of anilines is 2. The van der Waals surface area contributed by atoms with Crippen LogP contribution in [0.15, 0.2) is 18.2 Å². The summed E-state index contributed by atoms with van der Waals surface area (Å²) < 4.78 is 18.3.